The van der Waals surface area contributed by atoms with Crippen LogP contribution in [0.15, 0.2) is 0 Å². The second-order valence-corrected chi connectivity index (χ2v) is 1.28. The first-order chi connectivity index (χ1) is 3.06. The number of halogens is 4. The standard InChI is InChI=1S/C3H3ClF3/c4-2-1-3(5,6)7/h2H,1H2. The molecule has 0 aromatic carbocycles. The summed E-state index contributed by atoms with van der Waals surface area (Å²) in [5, 5.41) is 0. The predicted molar refractivity (Wildman–Crippen MR) is 20.8 cm³/mol. The molecular weight excluding hydrogens is 128 g/mol. The molecule has 0 aliphatic carbocycles. The lowest BCUT2D eigenvalue weighted by Gasteiger charge is -1.98. The smallest absolute Gasteiger partial charge is 0.171 e. The Bertz CT molecular complexity index is 48.6. The minimum Gasteiger partial charge on any atom is -0.171 e. The Morgan fingerprint density at radius 2 is 1.86 bits per heavy atom. The molecule has 0 nitrogen and oxygen atoms in total. The molecule has 0 amide bonds. The summed E-state index contributed by atoms with van der Waals surface area (Å²) in [7, 11) is 0. The fourth-order valence-corrected chi connectivity index (χ4v) is 0.262. The summed E-state index contributed by atoms with van der Waals surface area (Å²) in [6.07, 6.45) is -5.16. The van der Waals surface area contributed by atoms with Gasteiger partial charge < -0.3 is 0 Å². The minimum absolute atomic E-state index is 0.556. The molecule has 0 fully saturated rings. The van der Waals surface area contributed by atoms with Gasteiger partial charge in [-0.05, 0) is 0 Å². The molecule has 7 heavy (non-hydrogen) atoms. The summed E-state index contributed by atoms with van der Waals surface area (Å²) in [4.78, 5) is 0. The molecule has 43 valence electrons. The van der Waals surface area contributed by atoms with Crippen molar-refractivity contribution in [3.63, 3.8) is 0 Å². The van der Waals surface area contributed by atoms with Crippen molar-refractivity contribution in [2.75, 3.05) is 0 Å². The van der Waals surface area contributed by atoms with Crippen molar-refractivity contribution < 1.29 is 13.2 Å². The zero-order valence-corrected chi connectivity index (χ0v) is 4.05. The van der Waals surface area contributed by atoms with Gasteiger partial charge in [0.2, 0.25) is 0 Å². The molecule has 0 N–H and O–H groups in total. The Kier molecular flexibility index (Phi) is 2.43. The lowest BCUT2D eigenvalue weighted by molar-refractivity contribution is -0.126. The van der Waals surface area contributed by atoms with E-state index in [0.29, 0.717) is 5.88 Å². The zero-order valence-electron chi connectivity index (χ0n) is 3.30. The Labute approximate surface area is 44.3 Å². The van der Waals surface area contributed by atoms with Crippen molar-refractivity contribution in [2.45, 2.75) is 12.6 Å². The average Bonchev–Trinajstić information content (AvgIpc) is 1.30. The molecule has 0 atom stereocenters. The van der Waals surface area contributed by atoms with Crippen LogP contribution >= 0.6 is 11.6 Å². The second-order valence-electron chi connectivity index (χ2n) is 0.974. The third-order valence-electron chi connectivity index (χ3n) is 0.309. The molecule has 0 aromatic heterocycles. The van der Waals surface area contributed by atoms with E-state index >= 15 is 0 Å². The fraction of sp³-hybridized carbons (Fsp3) is 0.667. The summed E-state index contributed by atoms with van der Waals surface area (Å²) < 4.78 is 32.8. The van der Waals surface area contributed by atoms with Gasteiger partial charge in [-0.25, -0.2) is 0 Å². The largest absolute Gasteiger partial charge is 0.390 e. The highest BCUT2D eigenvalue weighted by molar-refractivity contribution is 6.23. The minimum atomic E-state index is -4.14. The van der Waals surface area contributed by atoms with Crippen LogP contribution in [-0.2, 0) is 0 Å². The van der Waals surface area contributed by atoms with Crippen LogP contribution in [0.4, 0.5) is 13.2 Å². The molecule has 0 rings (SSSR count). The lowest BCUT2D eigenvalue weighted by atomic mass is 10.5. The van der Waals surface area contributed by atoms with Gasteiger partial charge in [-0.2, -0.15) is 13.2 Å². The van der Waals surface area contributed by atoms with E-state index in [1.807, 2.05) is 0 Å². The van der Waals surface area contributed by atoms with Crippen LogP contribution in [0.5, 0.6) is 0 Å². The maximum Gasteiger partial charge on any atom is 0.390 e. The third kappa shape index (κ3) is 6.08. The van der Waals surface area contributed by atoms with Crippen molar-refractivity contribution >= 4 is 11.6 Å². The predicted octanol–water partition coefficient (Wildman–Crippen LogP) is 2.34. The van der Waals surface area contributed by atoms with Gasteiger partial charge in [-0.1, -0.05) is 0 Å². The number of hydrogen-bond acceptors (Lipinski definition) is 0. The van der Waals surface area contributed by atoms with E-state index in [0.717, 1.165) is 0 Å². The molecule has 0 heterocycles. The van der Waals surface area contributed by atoms with Gasteiger partial charge in [-0.3, -0.25) is 0 Å². The van der Waals surface area contributed by atoms with Gasteiger partial charge in [0.1, 0.15) is 0 Å². The van der Waals surface area contributed by atoms with Gasteiger partial charge in [0.25, 0.3) is 0 Å². The van der Waals surface area contributed by atoms with Crippen molar-refractivity contribution in [2.24, 2.45) is 0 Å². The Hall–Kier alpha value is 0.0800. The summed E-state index contributed by atoms with van der Waals surface area (Å²) in [6.45, 7) is 0. The van der Waals surface area contributed by atoms with Gasteiger partial charge >= 0.3 is 6.18 Å². The van der Waals surface area contributed by atoms with Gasteiger partial charge in [0.05, 0.1) is 12.3 Å². The topological polar surface area (TPSA) is 0 Å². The molecule has 0 aliphatic heterocycles. The molecule has 0 aliphatic rings. The summed E-state index contributed by atoms with van der Waals surface area (Å²) in [6, 6.07) is 0. The van der Waals surface area contributed by atoms with Crippen molar-refractivity contribution in [1.29, 1.82) is 0 Å². The van der Waals surface area contributed by atoms with Crippen LogP contribution in [0.2, 0.25) is 0 Å². The van der Waals surface area contributed by atoms with Crippen molar-refractivity contribution in [3.05, 3.63) is 5.88 Å². The normalized spacial score (nSPS) is 12.0. The third-order valence-corrected chi connectivity index (χ3v) is 0.463. The fourth-order valence-electron chi connectivity index (χ4n) is 0.0875. The van der Waals surface area contributed by atoms with E-state index < -0.39 is 12.6 Å². The Morgan fingerprint density at radius 3 is 1.86 bits per heavy atom. The summed E-state index contributed by atoms with van der Waals surface area (Å²) in [5.41, 5.74) is 0. The molecule has 0 spiro atoms. The molecule has 4 heteroatoms. The van der Waals surface area contributed by atoms with Crippen LogP contribution in [0.1, 0.15) is 6.42 Å². The van der Waals surface area contributed by atoms with Gasteiger partial charge in [-0.15, -0.1) is 11.6 Å². The van der Waals surface area contributed by atoms with E-state index in [2.05, 4.69) is 11.6 Å². The molecule has 0 saturated heterocycles. The van der Waals surface area contributed by atoms with Crippen LogP contribution < -0.4 is 0 Å². The van der Waals surface area contributed by atoms with Crippen molar-refractivity contribution in [1.82, 2.24) is 0 Å². The van der Waals surface area contributed by atoms with Gasteiger partial charge in [0.15, 0.2) is 0 Å². The van der Waals surface area contributed by atoms with Gasteiger partial charge in [0, 0.05) is 0 Å². The second kappa shape index (κ2) is 2.40. The SMILES string of the molecule is FC(F)(F)C[CH]Cl. The molecule has 0 aromatic rings. The monoisotopic (exact) mass is 131 g/mol. The van der Waals surface area contributed by atoms with Crippen LogP contribution in [-0.4, -0.2) is 6.18 Å². The van der Waals surface area contributed by atoms with Crippen LogP contribution in [0.25, 0.3) is 0 Å². The zero-order chi connectivity index (χ0) is 5.91. The first-order valence-electron chi connectivity index (χ1n) is 1.55. The lowest BCUT2D eigenvalue weighted by Crippen LogP contribution is -2.04. The first-order valence-corrected chi connectivity index (χ1v) is 1.98. The summed E-state index contributed by atoms with van der Waals surface area (Å²) in [5.74, 6) is 0.556. The number of hydrogen-bond donors (Lipinski definition) is 0. The highest BCUT2D eigenvalue weighted by Gasteiger charge is 2.25. The Balaban J connectivity index is 3.15. The van der Waals surface area contributed by atoms with Crippen molar-refractivity contribution in [3.8, 4) is 0 Å². The average molecular weight is 132 g/mol. The van der Waals surface area contributed by atoms with E-state index in [1.54, 1.807) is 0 Å². The highest BCUT2D eigenvalue weighted by Crippen LogP contribution is 2.21. The molecular formula is C3H3ClF3. The van der Waals surface area contributed by atoms with E-state index in [9.17, 15) is 13.2 Å². The van der Waals surface area contributed by atoms with E-state index in [4.69, 9.17) is 0 Å². The molecule has 0 unspecified atom stereocenters. The van der Waals surface area contributed by atoms with Crippen LogP contribution in [0, 0.1) is 5.88 Å². The Morgan fingerprint density at radius 1 is 1.43 bits per heavy atom. The number of alkyl halides is 3. The molecule has 1 radical (unpaired) electrons. The quantitative estimate of drug-likeness (QED) is 0.512. The van der Waals surface area contributed by atoms with E-state index in [-0.39, 0.29) is 0 Å². The maximum atomic E-state index is 10.9. The van der Waals surface area contributed by atoms with Crippen LogP contribution in [0.3, 0.4) is 0 Å². The first kappa shape index (κ1) is 7.08. The molecule has 0 bridgehead atoms. The summed E-state index contributed by atoms with van der Waals surface area (Å²) >= 11 is 4.64. The molecule has 0 saturated carbocycles. The maximum absolute atomic E-state index is 10.9. The highest BCUT2D eigenvalue weighted by atomic mass is 35.5. The van der Waals surface area contributed by atoms with E-state index in [1.165, 1.54) is 0 Å². The number of rotatable bonds is 1.